The number of hydrogen-bond acceptors (Lipinski definition) is 5. The van der Waals surface area contributed by atoms with Gasteiger partial charge in [-0.05, 0) is 43.5 Å². The van der Waals surface area contributed by atoms with E-state index in [0.29, 0.717) is 35.0 Å². The highest BCUT2D eigenvalue weighted by atomic mass is 35.5. The van der Waals surface area contributed by atoms with Gasteiger partial charge in [0.05, 0.1) is 22.1 Å². The Labute approximate surface area is 133 Å². The van der Waals surface area contributed by atoms with Crippen LogP contribution in [0, 0.1) is 0 Å². The minimum Gasteiger partial charge on any atom is -0.550 e. The number of nitrogens with one attached hydrogen (secondary N) is 1. The smallest absolute Gasteiger partial charge is 0.0863 e. The molecule has 5 nitrogen and oxygen atoms in total. The Morgan fingerprint density at radius 3 is 2.64 bits per heavy atom. The van der Waals surface area contributed by atoms with Gasteiger partial charge in [-0.25, -0.2) is 0 Å². The van der Waals surface area contributed by atoms with Crippen molar-refractivity contribution in [2.75, 3.05) is 5.43 Å². The molecule has 0 spiro atoms. The van der Waals surface area contributed by atoms with E-state index in [2.05, 4.69) is 15.5 Å². The normalized spacial score (nSPS) is 11.2. The fourth-order valence-electron chi connectivity index (χ4n) is 1.85. The van der Waals surface area contributed by atoms with Crippen molar-refractivity contribution in [3.8, 4) is 0 Å². The topological polar surface area (TPSA) is 77.4 Å². The second kappa shape index (κ2) is 8.14. The average Bonchev–Trinajstić information content (AvgIpc) is 2.52. The highest BCUT2D eigenvalue weighted by Gasteiger charge is 2.06. The summed E-state index contributed by atoms with van der Waals surface area (Å²) in [6, 6.07) is 12.7. The Morgan fingerprint density at radius 1 is 1.18 bits per heavy atom. The summed E-state index contributed by atoms with van der Waals surface area (Å²) >= 11 is 6.07. The van der Waals surface area contributed by atoms with Gasteiger partial charge in [-0.15, -0.1) is 0 Å². The van der Waals surface area contributed by atoms with Crippen molar-refractivity contribution in [3.63, 3.8) is 0 Å². The minimum absolute atomic E-state index is 0.0159. The van der Waals surface area contributed by atoms with Crippen molar-refractivity contribution in [1.82, 2.24) is 4.98 Å². The van der Waals surface area contributed by atoms with Crippen LogP contribution in [-0.4, -0.2) is 16.7 Å². The molecule has 6 heteroatoms. The molecule has 1 aromatic carbocycles. The molecule has 2 rings (SSSR count). The van der Waals surface area contributed by atoms with Gasteiger partial charge in [0.25, 0.3) is 0 Å². The predicted molar refractivity (Wildman–Crippen MR) is 84.7 cm³/mol. The van der Waals surface area contributed by atoms with Gasteiger partial charge in [-0.1, -0.05) is 29.8 Å². The lowest BCUT2D eigenvalue weighted by Gasteiger charge is -2.08. The number of aliphatic carboxylic acids is 1. The number of benzene rings is 1. The number of carbonyl (C=O) groups excluding carboxylic acids is 1. The first kappa shape index (κ1) is 16.0. The number of hydrazone groups is 1. The zero-order valence-electron chi connectivity index (χ0n) is 11.8. The van der Waals surface area contributed by atoms with Gasteiger partial charge in [0.2, 0.25) is 0 Å². The first-order chi connectivity index (χ1) is 10.7. The molecular formula is C16H15ClN3O2-. The van der Waals surface area contributed by atoms with Crippen molar-refractivity contribution in [2.24, 2.45) is 5.10 Å². The molecule has 0 unspecified atom stereocenters. The van der Waals surface area contributed by atoms with E-state index in [1.165, 1.54) is 0 Å². The molecule has 114 valence electrons. The molecule has 0 bridgehead atoms. The summed E-state index contributed by atoms with van der Waals surface area (Å²) < 4.78 is 0. The molecular weight excluding hydrogens is 302 g/mol. The first-order valence-electron chi connectivity index (χ1n) is 6.85. The Bertz CT molecular complexity index is 659. The van der Waals surface area contributed by atoms with Crippen LogP contribution in [0.1, 0.15) is 25.0 Å². The molecule has 0 fully saturated rings. The van der Waals surface area contributed by atoms with Gasteiger partial charge in [-0.3, -0.25) is 10.4 Å². The summed E-state index contributed by atoms with van der Waals surface area (Å²) in [6.07, 6.45) is 2.56. The molecule has 0 aliphatic carbocycles. The molecule has 1 heterocycles. The van der Waals surface area contributed by atoms with E-state index >= 15 is 0 Å². The van der Waals surface area contributed by atoms with E-state index in [9.17, 15) is 9.90 Å². The number of carbonyl (C=O) groups is 1. The van der Waals surface area contributed by atoms with Crippen LogP contribution in [0.2, 0.25) is 5.02 Å². The summed E-state index contributed by atoms with van der Waals surface area (Å²) in [4.78, 5) is 14.8. The Morgan fingerprint density at radius 2 is 1.95 bits per heavy atom. The molecule has 22 heavy (non-hydrogen) atoms. The van der Waals surface area contributed by atoms with Crippen molar-refractivity contribution in [3.05, 3.63) is 59.4 Å². The van der Waals surface area contributed by atoms with Crippen LogP contribution in [0.5, 0.6) is 0 Å². The second-order valence-corrected chi connectivity index (χ2v) is 5.00. The lowest BCUT2D eigenvalue weighted by molar-refractivity contribution is -0.305. The number of halogens is 1. The number of hydrogen-bond donors (Lipinski definition) is 1. The Balaban J connectivity index is 2.14. The van der Waals surface area contributed by atoms with Crippen LogP contribution < -0.4 is 10.5 Å². The van der Waals surface area contributed by atoms with Crippen LogP contribution in [0.15, 0.2) is 53.8 Å². The summed E-state index contributed by atoms with van der Waals surface area (Å²) in [5.74, 6) is -1.07. The number of anilines is 1. The predicted octanol–water partition coefficient (Wildman–Crippen LogP) is 2.47. The maximum atomic E-state index is 10.5. The number of rotatable bonds is 7. The number of carboxylic acid groups (broad SMARTS) is 1. The van der Waals surface area contributed by atoms with Crippen LogP contribution >= 0.6 is 11.6 Å². The fourth-order valence-corrected chi connectivity index (χ4v) is 2.03. The van der Waals surface area contributed by atoms with Crippen LogP contribution in [0.25, 0.3) is 0 Å². The molecule has 0 radical (unpaired) electrons. The van der Waals surface area contributed by atoms with E-state index in [4.69, 9.17) is 11.6 Å². The lowest BCUT2D eigenvalue weighted by Crippen LogP contribution is -2.22. The van der Waals surface area contributed by atoms with E-state index < -0.39 is 5.97 Å². The zero-order valence-corrected chi connectivity index (χ0v) is 12.6. The minimum atomic E-state index is -1.07. The largest absolute Gasteiger partial charge is 0.550 e. The monoisotopic (exact) mass is 316 g/mol. The van der Waals surface area contributed by atoms with Gasteiger partial charge in [-0.2, -0.15) is 5.10 Å². The number of aromatic nitrogens is 1. The first-order valence-corrected chi connectivity index (χ1v) is 7.23. The van der Waals surface area contributed by atoms with E-state index in [0.717, 1.165) is 0 Å². The quantitative estimate of drug-likeness (QED) is 0.629. The summed E-state index contributed by atoms with van der Waals surface area (Å²) in [7, 11) is 0. The summed E-state index contributed by atoms with van der Waals surface area (Å²) in [5, 5.41) is 15.4. The van der Waals surface area contributed by atoms with Crippen molar-refractivity contribution < 1.29 is 9.90 Å². The molecule has 0 atom stereocenters. The maximum absolute atomic E-state index is 10.5. The summed E-state index contributed by atoms with van der Waals surface area (Å²) in [5.41, 5.74) is 4.94. The molecule has 0 aliphatic heterocycles. The highest BCUT2D eigenvalue weighted by molar-refractivity contribution is 6.33. The third kappa shape index (κ3) is 4.86. The molecule has 0 aliphatic rings. The molecule has 0 amide bonds. The second-order valence-electron chi connectivity index (χ2n) is 4.59. The van der Waals surface area contributed by atoms with Crippen LogP contribution in [0.4, 0.5) is 5.69 Å². The molecule has 0 saturated carbocycles. The molecule has 1 N–H and O–H groups in total. The van der Waals surface area contributed by atoms with Crippen LogP contribution in [-0.2, 0) is 4.79 Å². The molecule has 0 saturated heterocycles. The van der Waals surface area contributed by atoms with Gasteiger partial charge in [0.15, 0.2) is 0 Å². The Kier molecular flexibility index (Phi) is 5.91. The van der Waals surface area contributed by atoms with Gasteiger partial charge in [0.1, 0.15) is 0 Å². The third-order valence-corrected chi connectivity index (χ3v) is 3.27. The van der Waals surface area contributed by atoms with Crippen molar-refractivity contribution in [1.29, 1.82) is 0 Å². The van der Waals surface area contributed by atoms with E-state index in [1.54, 1.807) is 12.3 Å². The third-order valence-electron chi connectivity index (χ3n) is 2.94. The van der Waals surface area contributed by atoms with Crippen molar-refractivity contribution >= 4 is 29.0 Å². The lowest BCUT2D eigenvalue weighted by atomic mass is 10.1. The SMILES string of the molecule is O=C([O-])CCC/C(=N/Nc1ccccc1Cl)c1ccccn1. The average molecular weight is 317 g/mol. The number of nitrogens with zero attached hydrogens (tertiary/aromatic N) is 2. The number of para-hydroxylation sites is 1. The molecule has 1 aromatic heterocycles. The van der Waals surface area contributed by atoms with Crippen molar-refractivity contribution in [2.45, 2.75) is 19.3 Å². The standard InChI is InChI=1S/C16H16ClN3O2/c17-12-6-1-2-7-13(12)19-20-15(9-5-10-16(21)22)14-8-3-4-11-18-14/h1-4,6-8,11,19H,5,9-10H2,(H,21,22)/p-1/b20-15-. The van der Waals surface area contributed by atoms with E-state index in [1.807, 2.05) is 36.4 Å². The van der Waals surface area contributed by atoms with Gasteiger partial charge in [0, 0.05) is 12.2 Å². The van der Waals surface area contributed by atoms with E-state index in [-0.39, 0.29) is 6.42 Å². The maximum Gasteiger partial charge on any atom is 0.0863 e. The zero-order chi connectivity index (χ0) is 15.8. The molecule has 2 aromatic rings. The number of carboxylic acids is 1. The summed E-state index contributed by atoms with van der Waals surface area (Å²) in [6.45, 7) is 0. The van der Waals surface area contributed by atoms with Crippen LogP contribution in [0.3, 0.4) is 0 Å². The van der Waals surface area contributed by atoms with Gasteiger partial charge < -0.3 is 9.90 Å². The number of pyridine rings is 1. The highest BCUT2D eigenvalue weighted by Crippen LogP contribution is 2.20. The van der Waals surface area contributed by atoms with Gasteiger partial charge >= 0.3 is 0 Å². The Hall–Kier alpha value is -2.40. The fraction of sp³-hybridized carbons (Fsp3) is 0.188.